The second kappa shape index (κ2) is 7.32. The zero-order valence-corrected chi connectivity index (χ0v) is 15.2. The standard InChI is InChI=1S/C18H22N6O4/c1-9-4-2-3-5-10(9)6-20-15-12-16(23-18(19)22-15)24(8-21-12)17-14(27)13(26)11(7-25)28-17/h2-5,8,11,13-14,17,25-27H,6-7H2,1H3,(H3,19,20,22,23)/t11-,13-,14-,17?/m1/s1. The molecule has 4 rings (SSSR count). The average molecular weight is 386 g/mol. The van der Waals surface area contributed by atoms with Crippen LogP contribution in [0.2, 0.25) is 0 Å². The first-order valence-electron chi connectivity index (χ1n) is 8.90. The Morgan fingerprint density at radius 2 is 2.00 bits per heavy atom. The summed E-state index contributed by atoms with van der Waals surface area (Å²) < 4.78 is 7.05. The lowest BCUT2D eigenvalue weighted by molar-refractivity contribution is -0.0511. The van der Waals surface area contributed by atoms with Gasteiger partial charge in [-0.15, -0.1) is 0 Å². The highest BCUT2D eigenvalue weighted by atomic mass is 16.6. The molecule has 148 valence electrons. The Bertz CT molecular complexity index is 993. The number of aromatic nitrogens is 4. The van der Waals surface area contributed by atoms with Crippen LogP contribution in [-0.4, -0.2) is 59.8 Å². The third kappa shape index (κ3) is 3.16. The van der Waals surface area contributed by atoms with Crippen LogP contribution in [0.3, 0.4) is 0 Å². The number of nitrogens with one attached hydrogen (secondary N) is 1. The van der Waals surface area contributed by atoms with E-state index in [0.29, 0.717) is 23.5 Å². The summed E-state index contributed by atoms with van der Waals surface area (Å²) in [5.74, 6) is 0.490. The number of aryl methyl sites for hydroxylation is 1. The fourth-order valence-corrected chi connectivity index (χ4v) is 3.34. The predicted molar refractivity (Wildman–Crippen MR) is 101 cm³/mol. The molecule has 1 unspecified atom stereocenters. The summed E-state index contributed by atoms with van der Waals surface area (Å²) in [7, 11) is 0. The van der Waals surface area contributed by atoms with Crippen LogP contribution in [0.5, 0.6) is 0 Å². The van der Waals surface area contributed by atoms with E-state index >= 15 is 0 Å². The second-order valence-electron chi connectivity index (χ2n) is 6.76. The number of nitrogens with two attached hydrogens (primary N) is 1. The zero-order chi connectivity index (χ0) is 19.8. The van der Waals surface area contributed by atoms with Crippen molar-refractivity contribution in [3.05, 3.63) is 41.7 Å². The molecule has 28 heavy (non-hydrogen) atoms. The quantitative estimate of drug-likeness (QED) is 0.406. The van der Waals surface area contributed by atoms with E-state index in [2.05, 4.69) is 20.3 Å². The van der Waals surface area contributed by atoms with E-state index in [4.69, 9.17) is 10.5 Å². The molecule has 1 aliphatic rings. The number of anilines is 2. The van der Waals surface area contributed by atoms with Gasteiger partial charge in [0, 0.05) is 6.54 Å². The third-order valence-electron chi connectivity index (χ3n) is 4.94. The monoisotopic (exact) mass is 386 g/mol. The largest absolute Gasteiger partial charge is 0.394 e. The SMILES string of the molecule is Cc1ccccc1CNc1nc(N)nc2c1ncn2C1O[C@H](CO)[C@@H](O)[C@H]1O. The van der Waals surface area contributed by atoms with Gasteiger partial charge in [-0.3, -0.25) is 4.57 Å². The van der Waals surface area contributed by atoms with Crippen molar-refractivity contribution in [3.8, 4) is 0 Å². The predicted octanol–water partition coefficient (Wildman–Crippen LogP) is -0.0595. The smallest absolute Gasteiger partial charge is 0.224 e. The summed E-state index contributed by atoms with van der Waals surface area (Å²) in [5, 5.41) is 32.8. The highest BCUT2D eigenvalue weighted by Crippen LogP contribution is 2.32. The van der Waals surface area contributed by atoms with Gasteiger partial charge in [-0.1, -0.05) is 24.3 Å². The molecule has 1 aliphatic heterocycles. The molecule has 1 saturated heterocycles. The molecule has 1 fully saturated rings. The molecule has 0 bridgehead atoms. The van der Waals surface area contributed by atoms with E-state index < -0.39 is 31.1 Å². The van der Waals surface area contributed by atoms with Gasteiger partial charge in [-0.05, 0) is 18.1 Å². The van der Waals surface area contributed by atoms with Crippen molar-refractivity contribution in [1.29, 1.82) is 0 Å². The van der Waals surface area contributed by atoms with Gasteiger partial charge in [-0.2, -0.15) is 9.97 Å². The molecule has 6 N–H and O–H groups in total. The molecule has 1 aromatic carbocycles. The number of aliphatic hydroxyl groups excluding tert-OH is 3. The maximum atomic E-state index is 10.3. The summed E-state index contributed by atoms with van der Waals surface area (Å²) in [4.78, 5) is 12.8. The van der Waals surface area contributed by atoms with Crippen LogP contribution in [0, 0.1) is 6.92 Å². The van der Waals surface area contributed by atoms with Crippen LogP contribution in [0.1, 0.15) is 17.4 Å². The maximum absolute atomic E-state index is 10.3. The molecule has 2 aromatic heterocycles. The average Bonchev–Trinajstić information content (AvgIpc) is 3.22. The number of nitrogens with zero attached hydrogens (tertiary/aromatic N) is 4. The molecule has 10 nitrogen and oxygen atoms in total. The number of imidazole rings is 1. The maximum Gasteiger partial charge on any atom is 0.224 e. The summed E-state index contributed by atoms with van der Waals surface area (Å²) in [6.45, 7) is 2.14. The minimum atomic E-state index is -1.24. The number of aliphatic hydroxyl groups is 3. The van der Waals surface area contributed by atoms with Crippen LogP contribution in [0.4, 0.5) is 11.8 Å². The zero-order valence-electron chi connectivity index (χ0n) is 15.2. The van der Waals surface area contributed by atoms with Crippen molar-refractivity contribution in [2.24, 2.45) is 0 Å². The minimum absolute atomic E-state index is 0.0354. The first-order chi connectivity index (χ1) is 13.5. The normalized spacial score (nSPS) is 24.7. The number of hydrogen-bond donors (Lipinski definition) is 5. The van der Waals surface area contributed by atoms with Crippen LogP contribution in [0.15, 0.2) is 30.6 Å². The van der Waals surface area contributed by atoms with E-state index in [1.165, 1.54) is 10.9 Å². The van der Waals surface area contributed by atoms with E-state index in [1.54, 1.807) is 0 Å². The van der Waals surface area contributed by atoms with Gasteiger partial charge in [0.2, 0.25) is 5.95 Å². The lowest BCUT2D eigenvalue weighted by atomic mass is 10.1. The van der Waals surface area contributed by atoms with Gasteiger partial charge in [0.15, 0.2) is 23.2 Å². The van der Waals surface area contributed by atoms with Gasteiger partial charge in [-0.25, -0.2) is 4.98 Å². The molecule has 0 radical (unpaired) electrons. The van der Waals surface area contributed by atoms with Crippen LogP contribution in [0.25, 0.3) is 11.2 Å². The third-order valence-corrected chi connectivity index (χ3v) is 4.94. The summed E-state index contributed by atoms with van der Waals surface area (Å²) >= 11 is 0. The Kier molecular flexibility index (Phi) is 4.85. The van der Waals surface area contributed by atoms with E-state index in [9.17, 15) is 15.3 Å². The van der Waals surface area contributed by atoms with Crippen LogP contribution >= 0.6 is 0 Å². The fraction of sp³-hybridized carbons (Fsp3) is 0.389. The van der Waals surface area contributed by atoms with E-state index in [1.807, 2.05) is 31.2 Å². The van der Waals surface area contributed by atoms with Crippen molar-refractivity contribution in [3.63, 3.8) is 0 Å². The molecule has 3 heterocycles. The van der Waals surface area contributed by atoms with Crippen LogP contribution < -0.4 is 11.1 Å². The van der Waals surface area contributed by atoms with E-state index in [-0.39, 0.29) is 5.95 Å². The van der Waals surface area contributed by atoms with Crippen molar-refractivity contribution in [2.45, 2.75) is 38.0 Å². The highest BCUT2D eigenvalue weighted by Gasteiger charge is 2.44. The molecule has 0 saturated carbocycles. The topological polar surface area (TPSA) is 152 Å². The first-order valence-corrected chi connectivity index (χ1v) is 8.90. The highest BCUT2D eigenvalue weighted by molar-refractivity contribution is 5.84. The van der Waals surface area contributed by atoms with Crippen molar-refractivity contribution in [2.75, 3.05) is 17.7 Å². The number of rotatable bonds is 5. The first kappa shape index (κ1) is 18.6. The second-order valence-corrected chi connectivity index (χ2v) is 6.76. The lowest BCUT2D eigenvalue weighted by Gasteiger charge is -2.16. The lowest BCUT2D eigenvalue weighted by Crippen LogP contribution is -2.33. The fourth-order valence-electron chi connectivity index (χ4n) is 3.34. The van der Waals surface area contributed by atoms with Gasteiger partial charge in [0.1, 0.15) is 18.3 Å². The Morgan fingerprint density at radius 1 is 1.21 bits per heavy atom. The van der Waals surface area contributed by atoms with Gasteiger partial charge >= 0.3 is 0 Å². The van der Waals surface area contributed by atoms with Gasteiger partial charge in [0.05, 0.1) is 12.9 Å². The molecule has 0 amide bonds. The Labute approximate surface area is 160 Å². The summed E-state index contributed by atoms with van der Waals surface area (Å²) in [6, 6.07) is 7.98. The number of nitrogen functional groups attached to an aromatic ring is 1. The Morgan fingerprint density at radius 3 is 2.71 bits per heavy atom. The molecular formula is C18H22N6O4. The summed E-state index contributed by atoms with van der Waals surface area (Å²) in [5.41, 5.74) is 8.94. The molecule has 0 spiro atoms. The van der Waals surface area contributed by atoms with Gasteiger partial charge < -0.3 is 31.1 Å². The van der Waals surface area contributed by atoms with Crippen molar-refractivity contribution < 1.29 is 20.1 Å². The van der Waals surface area contributed by atoms with Crippen molar-refractivity contribution in [1.82, 2.24) is 19.5 Å². The van der Waals surface area contributed by atoms with Crippen molar-refractivity contribution >= 4 is 22.9 Å². The molecule has 0 aliphatic carbocycles. The van der Waals surface area contributed by atoms with Crippen LogP contribution in [-0.2, 0) is 11.3 Å². The molecule has 10 heteroatoms. The Hall–Kier alpha value is -2.79. The number of hydrogen-bond acceptors (Lipinski definition) is 9. The summed E-state index contributed by atoms with van der Waals surface area (Å²) in [6.07, 6.45) is -2.86. The molecule has 4 atom stereocenters. The minimum Gasteiger partial charge on any atom is -0.394 e. The number of ether oxygens (including phenoxy) is 1. The molecule has 3 aromatic rings. The number of fused-ring (bicyclic) bond motifs is 1. The van der Waals surface area contributed by atoms with E-state index in [0.717, 1.165) is 11.1 Å². The Balaban J connectivity index is 1.66. The molecular weight excluding hydrogens is 364 g/mol. The number of benzene rings is 1. The van der Waals surface area contributed by atoms with Gasteiger partial charge in [0.25, 0.3) is 0 Å².